The van der Waals surface area contributed by atoms with E-state index in [-0.39, 0.29) is 17.9 Å². The highest BCUT2D eigenvalue weighted by molar-refractivity contribution is 7.91. The first-order chi connectivity index (χ1) is 15.3. The number of aromatic amines is 1. The molecule has 6 nitrogen and oxygen atoms in total. The molecule has 3 aromatic heterocycles. The Morgan fingerprint density at radius 2 is 1.88 bits per heavy atom. The molecule has 0 amide bonds. The van der Waals surface area contributed by atoms with E-state index in [0.29, 0.717) is 28.0 Å². The first kappa shape index (κ1) is 21.8. The fraction of sp³-hybridized carbons (Fsp3) is 0.208. The molecule has 0 saturated carbocycles. The highest BCUT2D eigenvalue weighted by Crippen LogP contribution is 2.39. The van der Waals surface area contributed by atoms with Gasteiger partial charge in [-0.2, -0.15) is 0 Å². The number of hydrogen-bond donors (Lipinski definition) is 1. The van der Waals surface area contributed by atoms with Crippen molar-refractivity contribution in [3.8, 4) is 0 Å². The van der Waals surface area contributed by atoms with Crippen LogP contribution in [-0.2, 0) is 25.8 Å². The molecule has 3 heterocycles. The van der Waals surface area contributed by atoms with Crippen LogP contribution in [-0.4, -0.2) is 30.4 Å². The fourth-order valence-corrected chi connectivity index (χ4v) is 5.94. The Hall–Kier alpha value is -3.39. The number of ether oxygens (including phenoxy) is 1. The maximum absolute atomic E-state index is 14.3. The quantitative estimate of drug-likeness (QED) is 0.420. The maximum Gasteiger partial charge on any atom is 0.310 e. The number of pyridine rings is 1. The summed E-state index contributed by atoms with van der Waals surface area (Å²) < 4.78 is 48.6. The van der Waals surface area contributed by atoms with Crippen molar-refractivity contribution in [3.63, 3.8) is 0 Å². The predicted octanol–water partition coefficient (Wildman–Crippen LogP) is 4.38. The molecule has 0 fully saturated rings. The minimum absolute atomic E-state index is 0.0440. The Balaban J connectivity index is 2.01. The summed E-state index contributed by atoms with van der Waals surface area (Å²) in [6.45, 7) is 3.71. The van der Waals surface area contributed by atoms with Crippen molar-refractivity contribution in [2.24, 2.45) is 0 Å². The SMILES string of the molecule is CCOC(=O)Cc1c(C)c(C(c2ccc[nH]2)S(=O)(=O)c2ccccc2)n2cc(F)ccc12. The molecule has 0 aliphatic rings. The van der Waals surface area contributed by atoms with Crippen molar-refractivity contribution in [1.82, 2.24) is 9.38 Å². The smallest absolute Gasteiger partial charge is 0.310 e. The fourth-order valence-electron chi connectivity index (χ4n) is 4.06. The van der Waals surface area contributed by atoms with E-state index in [9.17, 15) is 17.6 Å². The largest absolute Gasteiger partial charge is 0.466 e. The number of halogens is 1. The van der Waals surface area contributed by atoms with Gasteiger partial charge in [-0.25, -0.2) is 12.8 Å². The number of carbonyl (C=O) groups is 1. The van der Waals surface area contributed by atoms with Crippen LogP contribution in [0.25, 0.3) is 5.52 Å². The second-order valence-corrected chi connectivity index (χ2v) is 9.47. The van der Waals surface area contributed by atoms with E-state index in [0.717, 1.165) is 0 Å². The van der Waals surface area contributed by atoms with Gasteiger partial charge in [-0.15, -0.1) is 0 Å². The van der Waals surface area contributed by atoms with Gasteiger partial charge in [-0.05, 0) is 61.4 Å². The van der Waals surface area contributed by atoms with Gasteiger partial charge in [0.25, 0.3) is 0 Å². The zero-order chi connectivity index (χ0) is 22.9. The molecule has 0 aliphatic heterocycles. The molecule has 0 aliphatic carbocycles. The first-order valence-electron chi connectivity index (χ1n) is 10.2. The zero-order valence-corrected chi connectivity index (χ0v) is 18.5. The molecule has 0 saturated heterocycles. The number of rotatable bonds is 7. The van der Waals surface area contributed by atoms with Gasteiger partial charge in [0.15, 0.2) is 9.84 Å². The highest BCUT2D eigenvalue weighted by Gasteiger charge is 2.36. The van der Waals surface area contributed by atoms with Crippen LogP contribution in [0.3, 0.4) is 0 Å². The number of benzene rings is 1. The van der Waals surface area contributed by atoms with E-state index in [1.54, 1.807) is 56.4 Å². The van der Waals surface area contributed by atoms with Crippen LogP contribution in [0.1, 0.15) is 34.7 Å². The topological polar surface area (TPSA) is 80.6 Å². The summed E-state index contributed by atoms with van der Waals surface area (Å²) in [5.74, 6) is -0.944. The first-order valence-corrected chi connectivity index (χ1v) is 11.8. The van der Waals surface area contributed by atoms with E-state index in [1.807, 2.05) is 0 Å². The van der Waals surface area contributed by atoms with Crippen LogP contribution in [0.5, 0.6) is 0 Å². The number of H-pyrrole nitrogens is 1. The number of nitrogens with one attached hydrogen (secondary N) is 1. The summed E-state index contributed by atoms with van der Waals surface area (Å²) >= 11 is 0. The van der Waals surface area contributed by atoms with Gasteiger partial charge in [0, 0.05) is 23.6 Å². The van der Waals surface area contributed by atoms with Crippen LogP contribution >= 0.6 is 0 Å². The minimum atomic E-state index is -3.92. The third-order valence-electron chi connectivity index (χ3n) is 5.48. The van der Waals surface area contributed by atoms with Crippen molar-refractivity contribution in [2.45, 2.75) is 30.4 Å². The number of aromatic nitrogens is 2. The Morgan fingerprint density at radius 1 is 1.12 bits per heavy atom. The van der Waals surface area contributed by atoms with Gasteiger partial charge < -0.3 is 14.1 Å². The molecule has 166 valence electrons. The second-order valence-electron chi connectivity index (χ2n) is 7.44. The van der Waals surface area contributed by atoms with Gasteiger partial charge in [0.2, 0.25) is 0 Å². The lowest BCUT2D eigenvalue weighted by Gasteiger charge is -2.19. The van der Waals surface area contributed by atoms with E-state index < -0.39 is 26.9 Å². The summed E-state index contributed by atoms with van der Waals surface area (Å²) in [4.78, 5) is 15.4. The number of esters is 1. The van der Waals surface area contributed by atoms with Crippen molar-refractivity contribution >= 4 is 21.3 Å². The Labute approximate surface area is 185 Å². The summed E-state index contributed by atoms with van der Waals surface area (Å²) in [6.07, 6.45) is 2.86. The number of sulfone groups is 1. The van der Waals surface area contributed by atoms with E-state index in [1.165, 1.54) is 28.8 Å². The van der Waals surface area contributed by atoms with Crippen LogP contribution in [0.4, 0.5) is 4.39 Å². The lowest BCUT2D eigenvalue weighted by atomic mass is 10.1. The standard InChI is InChI=1S/C24H23FN2O4S/c1-3-31-22(28)14-19-16(2)23(27-15-17(25)11-12-21(19)27)24(20-10-7-13-26-20)32(29,30)18-8-5-4-6-9-18/h4-13,15,24,26H,3,14H2,1-2H3. The summed E-state index contributed by atoms with van der Waals surface area (Å²) in [7, 11) is -3.92. The average Bonchev–Trinajstić information content (AvgIpc) is 3.38. The van der Waals surface area contributed by atoms with Gasteiger partial charge in [-0.1, -0.05) is 18.2 Å². The maximum atomic E-state index is 14.3. The molecular formula is C24H23FN2O4S. The molecule has 1 atom stereocenters. The summed E-state index contributed by atoms with van der Waals surface area (Å²) in [6, 6.07) is 14.4. The molecule has 1 aromatic carbocycles. The lowest BCUT2D eigenvalue weighted by Crippen LogP contribution is -2.18. The van der Waals surface area contributed by atoms with Crippen LogP contribution in [0.15, 0.2) is 71.9 Å². The normalized spacial score (nSPS) is 12.7. The van der Waals surface area contributed by atoms with Crippen molar-refractivity contribution in [1.29, 1.82) is 0 Å². The van der Waals surface area contributed by atoms with Gasteiger partial charge in [-0.3, -0.25) is 4.79 Å². The van der Waals surface area contributed by atoms with E-state index in [2.05, 4.69) is 4.98 Å². The van der Waals surface area contributed by atoms with E-state index >= 15 is 0 Å². The predicted molar refractivity (Wildman–Crippen MR) is 119 cm³/mol. The molecule has 8 heteroatoms. The molecule has 0 spiro atoms. The molecule has 1 N–H and O–H groups in total. The number of hydrogen-bond acceptors (Lipinski definition) is 4. The third kappa shape index (κ3) is 3.82. The van der Waals surface area contributed by atoms with Crippen LogP contribution in [0, 0.1) is 12.7 Å². The van der Waals surface area contributed by atoms with Crippen molar-refractivity contribution in [2.75, 3.05) is 6.61 Å². The number of carbonyl (C=O) groups excluding carboxylic acids is 1. The van der Waals surface area contributed by atoms with Crippen molar-refractivity contribution < 1.29 is 22.3 Å². The van der Waals surface area contributed by atoms with Crippen LogP contribution in [0.2, 0.25) is 0 Å². The van der Waals surface area contributed by atoms with Crippen LogP contribution < -0.4 is 0 Å². The highest BCUT2D eigenvalue weighted by atomic mass is 32.2. The van der Waals surface area contributed by atoms with Gasteiger partial charge >= 0.3 is 5.97 Å². The molecule has 0 radical (unpaired) electrons. The minimum Gasteiger partial charge on any atom is -0.466 e. The molecule has 32 heavy (non-hydrogen) atoms. The average molecular weight is 455 g/mol. The van der Waals surface area contributed by atoms with E-state index in [4.69, 9.17) is 4.74 Å². The van der Waals surface area contributed by atoms with Gasteiger partial charge in [0.05, 0.1) is 23.6 Å². The molecule has 4 rings (SSSR count). The second kappa shape index (κ2) is 8.63. The number of fused-ring (bicyclic) bond motifs is 1. The van der Waals surface area contributed by atoms with Gasteiger partial charge in [0.1, 0.15) is 11.1 Å². The third-order valence-corrected chi connectivity index (χ3v) is 7.51. The molecular weight excluding hydrogens is 431 g/mol. The Morgan fingerprint density at radius 3 is 2.53 bits per heavy atom. The zero-order valence-electron chi connectivity index (χ0n) is 17.7. The summed E-state index contributed by atoms with van der Waals surface area (Å²) in [5, 5.41) is -1.13. The summed E-state index contributed by atoms with van der Waals surface area (Å²) in [5.41, 5.74) is 2.60. The molecule has 0 bridgehead atoms. The Kier molecular flexibility index (Phi) is 5.88. The molecule has 1 unspecified atom stereocenters. The number of nitrogens with zero attached hydrogens (tertiary/aromatic N) is 1. The van der Waals surface area contributed by atoms with Crippen molar-refractivity contribution in [3.05, 3.63) is 95.3 Å². The Bertz CT molecular complexity index is 1360. The monoisotopic (exact) mass is 454 g/mol. The molecule has 4 aromatic rings. The lowest BCUT2D eigenvalue weighted by molar-refractivity contribution is -0.142.